The molecule has 0 atom stereocenters. The van der Waals surface area contributed by atoms with E-state index < -0.39 is 0 Å². The van der Waals surface area contributed by atoms with Crippen molar-refractivity contribution in [3.05, 3.63) is 40.5 Å². The zero-order chi connectivity index (χ0) is 14.7. The van der Waals surface area contributed by atoms with Crippen LogP contribution in [0.25, 0.3) is 0 Å². The summed E-state index contributed by atoms with van der Waals surface area (Å²) in [4.78, 5) is 8.60. The van der Waals surface area contributed by atoms with Gasteiger partial charge in [0.25, 0.3) is 0 Å². The van der Waals surface area contributed by atoms with E-state index in [0.717, 1.165) is 25.1 Å². The van der Waals surface area contributed by atoms with Crippen LogP contribution in [0.3, 0.4) is 0 Å². The first-order valence-corrected chi connectivity index (χ1v) is 7.80. The predicted octanol–water partition coefficient (Wildman–Crippen LogP) is 4.18. The monoisotopic (exact) mass is 302 g/mol. The van der Waals surface area contributed by atoms with Crippen molar-refractivity contribution in [1.82, 2.24) is 9.97 Å². The van der Waals surface area contributed by atoms with Gasteiger partial charge >= 0.3 is 0 Å². The molecule has 0 saturated carbocycles. The van der Waals surface area contributed by atoms with Crippen molar-refractivity contribution in [2.24, 2.45) is 0 Å². The Morgan fingerprint density at radius 3 is 2.95 bits per heavy atom. The first kappa shape index (κ1) is 14.1. The van der Waals surface area contributed by atoms with Crippen LogP contribution in [0.5, 0.6) is 0 Å². The van der Waals surface area contributed by atoms with Gasteiger partial charge in [-0.3, -0.25) is 0 Å². The van der Waals surface area contributed by atoms with Crippen molar-refractivity contribution >= 4 is 29.1 Å². The Kier molecular flexibility index (Phi) is 4.25. The van der Waals surface area contributed by atoms with E-state index in [0.29, 0.717) is 16.8 Å². The highest BCUT2D eigenvalue weighted by Gasteiger charge is 2.14. The van der Waals surface area contributed by atoms with E-state index in [4.69, 9.17) is 11.6 Å². The zero-order valence-electron chi connectivity index (χ0n) is 12.1. The maximum absolute atomic E-state index is 6.21. The van der Waals surface area contributed by atoms with Crippen molar-refractivity contribution < 1.29 is 0 Å². The third-order valence-electron chi connectivity index (χ3n) is 3.73. The molecule has 0 fully saturated rings. The number of nitrogens with zero attached hydrogens (tertiary/aromatic N) is 2. The molecule has 1 heterocycles. The van der Waals surface area contributed by atoms with Crippen LogP contribution in [-0.2, 0) is 12.8 Å². The lowest BCUT2D eigenvalue weighted by Crippen LogP contribution is -2.08. The lowest BCUT2D eigenvalue weighted by molar-refractivity contribution is 0.687. The van der Waals surface area contributed by atoms with E-state index in [1.54, 1.807) is 6.20 Å². The Labute approximate surface area is 130 Å². The Morgan fingerprint density at radius 1 is 1.24 bits per heavy atom. The quantitative estimate of drug-likeness (QED) is 0.889. The summed E-state index contributed by atoms with van der Waals surface area (Å²) in [6, 6.07) is 6.40. The Balaban J connectivity index is 1.91. The van der Waals surface area contributed by atoms with Crippen LogP contribution in [0, 0.1) is 0 Å². The van der Waals surface area contributed by atoms with Crippen molar-refractivity contribution in [3.8, 4) is 0 Å². The smallest absolute Gasteiger partial charge is 0.224 e. The van der Waals surface area contributed by atoms with Gasteiger partial charge in [0.2, 0.25) is 5.95 Å². The number of hydrogen-bond acceptors (Lipinski definition) is 4. The number of anilines is 3. The molecule has 21 heavy (non-hydrogen) atoms. The number of halogens is 1. The highest BCUT2D eigenvalue weighted by molar-refractivity contribution is 6.32. The van der Waals surface area contributed by atoms with Gasteiger partial charge in [-0.2, -0.15) is 4.98 Å². The average molecular weight is 303 g/mol. The van der Waals surface area contributed by atoms with E-state index in [-0.39, 0.29) is 0 Å². The summed E-state index contributed by atoms with van der Waals surface area (Å²) in [5, 5.41) is 7.01. The van der Waals surface area contributed by atoms with Crippen molar-refractivity contribution in [1.29, 1.82) is 0 Å². The van der Waals surface area contributed by atoms with E-state index in [1.807, 2.05) is 6.92 Å². The molecule has 3 rings (SSSR count). The van der Waals surface area contributed by atoms with E-state index >= 15 is 0 Å². The minimum absolute atomic E-state index is 0.532. The molecule has 0 radical (unpaired) electrons. The number of hydrogen-bond donors (Lipinski definition) is 2. The van der Waals surface area contributed by atoms with Crippen LogP contribution >= 0.6 is 11.6 Å². The van der Waals surface area contributed by atoms with Crippen LogP contribution < -0.4 is 10.6 Å². The summed E-state index contributed by atoms with van der Waals surface area (Å²) in [5.74, 6) is 1.25. The lowest BCUT2D eigenvalue weighted by atomic mass is 9.90. The molecule has 5 heteroatoms. The predicted molar refractivity (Wildman–Crippen MR) is 87.6 cm³/mol. The van der Waals surface area contributed by atoms with Crippen LogP contribution in [0.1, 0.15) is 30.9 Å². The molecule has 0 saturated heterocycles. The number of aromatic nitrogens is 2. The normalized spacial score (nSPS) is 13.6. The summed E-state index contributed by atoms with van der Waals surface area (Å²) in [6.07, 6.45) is 6.41. The minimum Gasteiger partial charge on any atom is -0.354 e. The molecule has 1 aliphatic rings. The van der Waals surface area contributed by atoms with Gasteiger partial charge in [-0.05, 0) is 49.8 Å². The summed E-state index contributed by atoms with van der Waals surface area (Å²) >= 11 is 6.21. The number of benzene rings is 1. The lowest BCUT2D eigenvalue weighted by Gasteiger charge is -2.20. The molecular formula is C16H19ClN4. The van der Waals surface area contributed by atoms with Gasteiger partial charge in [0.05, 0.1) is 6.20 Å². The van der Waals surface area contributed by atoms with Crippen molar-refractivity contribution in [2.75, 3.05) is 17.2 Å². The number of fused-ring (bicyclic) bond motifs is 1. The zero-order valence-corrected chi connectivity index (χ0v) is 12.9. The standard InChI is InChI=1S/C16H19ClN4/c1-2-18-16-19-10-13(17)15(21-16)20-14-9-5-7-11-6-3-4-8-12(11)14/h5,7,9-10H,2-4,6,8H2,1H3,(H2,18,19,20,21). The Morgan fingerprint density at radius 2 is 2.10 bits per heavy atom. The largest absolute Gasteiger partial charge is 0.354 e. The van der Waals surface area contributed by atoms with Gasteiger partial charge in [0, 0.05) is 12.2 Å². The molecule has 1 aromatic carbocycles. The molecule has 1 aromatic heterocycles. The van der Waals surface area contributed by atoms with E-state index in [1.165, 1.54) is 24.0 Å². The molecule has 1 aliphatic carbocycles. The summed E-state index contributed by atoms with van der Waals surface area (Å²) in [6.45, 7) is 2.79. The molecule has 0 aliphatic heterocycles. The molecule has 0 bridgehead atoms. The summed E-state index contributed by atoms with van der Waals surface area (Å²) < 4.78 is 0. The van der Waals surface area contributed by atoms with Crippen LogP contribution in [0.4, 0.5) is 17.5 Å². The number of nitrogens with one attached hydrogen (secondary N) is 2. The summed E-state index contributed by atoms with van der Waals surface area (Å²) in [7, 11) is 0. The first-order chi connectivity index (χ1) is 10.3. The number of rotatable bonds is 4. The highest BCUT2D eigenvalue weighted by atomic mass is 35.5. The molecule has 110 valence electrons. The van der Waals surface area contributed by atoms with Crippen molar-refractivity contribution in [2.45, 2.75) is 32.6 Å². The minimum atomic E-state index is 0.532. The maximum atomic E-state index is 6.21. The van der Waals surface area contributed by atoms with E-state index in [9.17, 15) is 0 Å². The van der Waals surface area contributed by atoms with Gasteiger partial charge in [0.15, 0.2) is 5.82 Å². The first-order valence-electron chi connectivity index (χ1n) is 7.42. The fourth-order valence-corrected chi connectivity index (χ4v) is 2.86. The highest BCUT2D eigenvalue weighted by Crippen LogP contribution is 2.31. The van der Waals surface area contributed by atoms with Crippen LogP contribution in [-0.4, -0.2) is 16.5 Å². The third kappa shape index (κ3) is 3.10. The van der Waals surface area contributed by atoms with Gasteiger partial charge in [-0.25, -0.2) is 4.98 Å². The van der Waals surface area contributed by atoms with Gasteiger partial charge < -0.3 is 10.6 Å². The Hall–Kier alpha value is -1.81. The molecule has 0 spiro atoms. The van der Waals surface area contributed by atoms with Gasteiger partial charge in [-0.15, -0.1) is 0 Å². The van der Waals surface area contributed by atoms with Crippen molar-refractivity contribution in [3.63, 3.8) is 0 Å². The molecule has 0 amide bonds. The van der Waals surface area contributed by atoms with Crippen LogP contribution in [0.2, 0.25) is 5.02 Å². The van der Waals surface area contributed by atoms with E-state index in [2.05, 4.69) is 38.8 Å². The van der Waals surface area contributed by atoms with Crippen LogP contribution in [0.15, 0.2) is 24.4 Å². The Bertz CT molecular complexity index is 642. The molecule has 2 aromatic rings. The summed E-state index contributed by atoms with van der Waals surface area (Å²) in [5.41, 5.74) is 3.93. The fourth-order valence-electron chi connectivity index (χ4n) is 2.72. The second kappa shape index (κ2) is 6.31. The molecule has 4 nitrogen and oxygen atoms in total. The molecule has 0 unspecified atom stereocenters. The molecular weight excluding hydrogens is 284 g/mol. The third-order valence-corrected chi connectivity index (χ3v) is 4.00. The maximum Gasteiger partial charge on any atom is 0.224 e. The second-order valence-corrected chi connectivity index (χ2v) is 5.60. The second-order valence-electron chi connectivity index (χ2n) is 5.20. The molecule has 2 N–H and O–H groups in total. The van der Waals surface area contributed by atoms with Gasteiger partial charge in [0.1, 0.15) is 5.02 Å². The number of aryl methyl sites for hydroxylation is 1. The topological polar surface area (TPSA) is 49.8 Å². The van der Waals surface area contributed by atoms with Gasteiger partial charge in [-0.1, -0.05) is 23.7 Å². The average Bonchev–Trinajstić information content (AvgIpc) is 2.51. The fraction of sp³-hybridized carbons (Fsp3) is 0.375. The SMILES string of the molecule is CCNc1ncc(Cl)c(Nc2cccc3c2CCCC3)n1.